The van der Waals surface area contributed by atoms with Crippen LogP contribution in [-0.4, -0.2) is 0 Å². The molecule has 1 aliphatic carbocycles. The van der Waals surface area contributed by atoms with Gasteiger partial charge in [0.1, 0.15) is 22.3 Å². The van der Waals surface area contributed by atoms with Gasteiger partial charge in [-0.1, -0.05) is 158 Å². The van der Waals surface area contributed by atoms with Gasteiger partial charge in [-0.15, -0.1) is 0 Å². The zero-order valence-corrected chi connectivity index (χ0v) is 35.2. The molecule has 0 radical (unpaired) electrons. The van der Waals surface area contributed by atoms with Crippen molar-refractivity contribution in [1.82, 2.24) is 0 Å². The lowest BCUT2D eigenvalue weighted by Crippen LogP contribution is -2.16. The molecule has 0 spiro atoms. The molecule has 0 saturated heterocycles. The lowest BCUT2D eigenvalue weighted by atomic mass is 9.92. The molecule has 0 fully saturated rings. The Labute approximate surface area is 367 Å². The van der Waals surface area contributed by atoms with E-state index in [0.29, 0.717) is 0 Å². The van der Waals surface area contributed by atoms with Crippen molar-refractivity contribution in [2.24, 2.45) is 0 Å². The van der Waals surface area contributed by atoms with Gasteiger partial charge >= 0.3 is 0 Å². The number of allylic oxidation sites excluding steroid dienone is 8. The van der Waals surface area contributed by atoms with Crippen LogP contribution in [0.25, 0.3) is 83.0 Å². The highest BCUT2D eigenvalue weighted by molar-refractivity contribution is 6.15. The average Bonchev–Trinajstić information content (AvgIpc) is 3.91. The largest absolute Gasteiger partial charge is 0.456 e. The van der Waals surface area contributed by atoms with E-state index in [1.54, 1.807) is 0 Å². The van der Waals surface area contributed by atoms with Gasteiger partial charge in [0.2, 0.25) is 0 Å². The van der Waals surface area contributed by atoms with E-state index in [-0.39, 0.29) is 0 Å². The minimum atomic E-state index is 0.776. The van der Waals surface area contributed by atoms with Crippen LogP contribution in [0.5, 0.6) is 0 Å². The van der Waals surface area contributed by atoms with E-state index in [1.165, 1.54) is 33.2 Å². The van der Waals surface area contributed by atoms with Crippen molar-refractivity contribution in [3.8, 4) is 22.3 Å². The molecule has 0 saturated carbocycles. The first-order valence-corrected chi connectivity index (χ1v) is 21.9. The molecule has 0 unspecified atom stereocenters. The molecule has 2 heterocycles. The van der Waals surface area contributed by atoms with E-state index < -0.39 is 0 Å². The smallest absolute Gasteiger partial charge is 0.143 e. The summed E-state index contributed by atoms with van der Waals surface area (Å²) in [7, 11) is 0. The molecule has 3 nitrogen and oxygen atoms in total. The van der Waals surface area contributed by atoms with E-state index in [1.807, 2.05) is 12.1 Å². The average molecular weight is 812 g/mol. The van der Waals surface area contributed by atoms with Crippen LogP contribution in [0, 0.1) is 0 Å². The van der Waals surface area contributed by atoms with Crippen LogP contribution in [0.4, 0.5) is 11.4 Å². The minimum Gasteiger partial charge on any atom is -0.456 e. The van der Waals surface area contributed by atoms with Crippen LogP contribution in [0.1, 0.15) is 30.0 Å². The summed E-state index contributed by atoms with van der Waals surface area (Å²) in [5.74, 6) is 0. The van der Waals surface area contributed by atoms with Gasteiger partial charge in [0, 0.05) is 43.9 Å². The van der Waals surface area contributed by atoms with Crippen molar-refractivity contribution in [1.29, 1.82) is 0 Å². The lowest BCUT2D eigenvalue weighted by molar-refractivity contribution is 0.669. The summed E-state index contributed by atoms with van der Waals surface area (Å²) in [6, 6.07) is 58.8. The predicted octanol–water partition coefficient (Wildman–Crippen LogP) is 16.9. The summed E-state index contributed by atoms with van der Waals surface area (Å²) in [6.45, 7) is 2.13. The number of hydrogen-bond acceptors (Lipinski definition) is 3. The summed E-state index contributed by atoms with van der Waals surface area (Å²) in [5.41, 5.74) is 15.4. The van der Waals surface area contributed by atoms with Gasteiger partial charge in [0.15, 0.2) is 0 Å². The molecule has 0 N–H and O–H groups in total. The summed E-state index contributed by atoms with van der Waals surface area (Å²) in [4.78, 5) is 2.40. The molecule has 11 rings (SSSR count). The number of benzene rings is 8. The van der Waals surface area contributed by atoms with Crippen molar-refractivity contribution in [2.75, 3.05) is 4.90 Å². The molecule has 0 atom stereocenters. The van der Waals surface area contributed by atoms with E-state index in [9.17, 15) is 0 Å². The Hall–Kier alpha value is -7.88. The molecule has 2 aromatic heterocycles. The van der Waals surface area contributed by atoms with E-state index in [2.05, 4.69) is 218 Å². The van der Waals surface area contributed by atoms with Crippen LogP contribution in [0.2, 0.25) is 0 Å². The highest BCUT2D eigenvalue weighted by Gasteiger charge is 2.20. The SMILES string of the molecule is C/C=C(\C=C/Cc1ccc2oc3ccccc3c2c1)N(c1ccc(-c2cccc3c2/C=C\C/C=C\C=C/C3)cc1)c1ccccc1-c1ccc2oc3c4ccccc4ccc3c2c1. The van der Waals surface area contributed by atoms with Crippen molar-refractivity contribution in [2.45, 2.75) is 26.2 Å². The Kier molecular flexibility index (Phi) is 9.99. The third kappa shape index (κ3) is 7.18. The number of rotatable bonds is 8. The van der Waals surface area contributed by atoms with Crippen molar-refractivity contribution >= 4 is 72.1 Å². The second kappa shape index (κ2) is 16.5. The third-order valence-corrected chi connectivity index (χ3v) is 12.4. The number of fused-ring (bicyclic) bond motifs is 9. The standard InChI is InChI=1S/C60H45NO2/c1-2-46(21-15-17-41-29-37-58-54(39-41)52-25-12-14-28-57(52)62-58)61(47-34-30-44(31-35-47)49-26-16-20-42-18-7-5-3-4-6-8-22-48(42)49)56-27-13-11-23-50(56)45-33-38-59-55(40-45)53-36-32-43-19-9-10-24-51(43)60(53)63-59/h2-5,7-16,19-40H,6,17-18H2,1H3/b4-3-,7-5-,21-15-,22-8-,46-2+. The van der Waals surface area contributed by atoms with Gasteiger partial charge in [-0.2, -0.15) is 0 Å². The molecule has 1 aliphatic rings. The van der Waals surface area contributed by atoms with Crippen LogP contribution < -0.4 is 4.90 Å². The molecular weight excluding hydrogens is 767 g/mol. The van der Waals surface area contributed by atoms with Crippen molar-refractivity contribution < 1.29 is 8.83 Å². The van der Waals surface area contributed by atoms with Crippen molar-refractivity contribution in [3.05, 3.63) is 235 Å². The summed E-state index contributed by atoms with van der Waals surface area (Å²) in [6.07, 6.45) is 22.6. The van der Waals surface area contributed by atoms with Crippen LogP contribution in [-0.2, 0) is 12.8 Å². The molecule has 63 heavy (non-hydrogen) atoms. The Morgan fingerprint density at radius 3 is 2.24 bits per heavy atom. The first kappa shape index (κ1) is 38.1. The van der Waals surface area contributed by atoms with Gasteiger partial charge in [0.25, 0.3) is 0 Å². The topological polar surface area (TPSA) is 29.5 Å². The molecule has 10 aromatic rings. The van der Waals surface area contributed by atoms with Crippen LogP contribution in [0.3, 0.4) is 0 Å². The number of hydrogen-bond donors (Lipinski definition) is 0. The van der Waals surface area contributed by atoms with Gasteiger partial charge in [-0.25, -0.2) is 0 Å². The van der Waals surface area contributed by atoms with Gasteiger partial charge in [-0.05, 0) is 126 Å². The number of nitrogens with zero attached hydrogens (tertiary/aromatic N) is 1. The highest BCUT2D eigenvalue weighted by Crippen LogP contribution is 2.42. The monoisotopic (exact) mass is 811 g/mol. The molecule has 0 bridgehead atoms. The van der Waals surface area contributed by atoms with Crippen LogP contribution >= 0.6 is 0 Å². The Balaban J connectivity index is 1.00. The second-order valence-corrected chi connectivity index (χ2v) is 16.2. The van der Waals surface area contributed by atoms with E-state index >= 15 is 0 Å². The maximum absolute atomic E-state index is 6.54. The summed E-state index contributed by atoms with van der Waals surface area (Å²) >= 11 is 0. The fourth-order valence-electron chi connectivity index (χ4n) is 9.25. The fourth-order valence-corrected chi connectivity index (χ4v) is 9.25. The zero-order chi connectivity index (χ0) is 42.1. The molecule has 0 aliphatic heterocycles. The maximum Gasteiger partial charge on any atom is 0.143 e. The fraction of sp³-hybridized carbons (Fsp3) is 0.0667. The number of para-hydroxylation sites is 2. The summed E-state index contributed by atoms with van der Waals surface area (Å²) < 4.78 is 12.7. The number of anilines is 2. The second-order valence-electron chi connectivity index (χ2n) is 16.2. The van der Waals surface area contributed by atoms with Gasteiger partial charge in [-0.3, -0.25) is 0 Å². The number of furan rings is 2. The lowest BCUT2D eigenvalue weighted by Gasteiger charge is -2.29. The molecular formula is C60H45NO2. The molecule has 0 amide bonds. The third-order valence-electron chi connectivity index (χ3n) is 12.4. The maximum atomic E-state index is 6.54. The first-order chi connectivity index (χ1) is 31.2. The normalized spacial score (nSPS) is 14.8. The van der Waals surface area contributed by atoms with E-state index in [0.717, 1.165) is 96.7 Å². The Morgan fingerprint density at radius 1 is 0.571 bits per heavy atom. The quantitative estimate of drug-likeness (QED) is 0.143. The van der Waals surface area contributed by atoms with Gasteiger partial charge in [0.05, 0.1) is 5.69 Å². The molecule has 302 valence electrons. The predicted molar refractivity (Wildman–Crippen MR) is 267 cm³/mol. The summed E-state index contributed by atoms with van der Waals surface area (Å²) in [5, 5.41) is 6.83. The Bertz CT molecular complexity index is 3500. The molecule has 3 heteroatoms. The van der Waals surface area contributed by atoms with Crippen molar-refractivity contribution in [3.63, 3.8) is 0 Å². The minimum absolute atomic E-state index is 0.776. The highest BCUT2D eigenvalue weighted by atomic mass is 16.3. The van der Waals surface area contributed by atoms with Crippen LogP contribution in [0.15, 0.2) is 227 Å². The van der Waals surface area contributed by atoms with E-state index in [4.69, 9.17) is 8.83 Å². The zero-order valence-electron chi connectivity index (χ0n) is 35.2. The molecule has 8 aromatic carbocycles. The first-order valence-electron chi connectivity index (χ1n) is 21.9. The van der Waals surface area contributed by atoms with Gasteiger partial charge < -0.3 is 13.7 Å². The Morgan fingerprint density at radius 2 is 1.32 bits per heavy atom.